The van der Waals surface area contributed by atoms with Gasteiger partial charge in [-0.2, -0.15) is 9.97 Å². The van der Waals surface area contributed by atoms with E-state index < -0.39 is 0 Å². The summed E-state index contributed by atoms with van der Waals surface area (Å²) >= 11 is 11.6. The number of fused-ring (bicyclic) bond motifs is 1. The second-order valence-corrected chi connectivity index (χ2v) is 9.18. The van der Waals surface area contributed by atoms with Crippen molar-refractivity contribution in [3.63, 3.8) is 0 Å². The number of aromatic nitrogens is 5. The molecule has 2 aliphatic rings. The number of hydrogen-bond acceptors (Lipinski definition) is 7. The van der Waals surface area contributed by atoms with E-state index >= 15 is 0 Å². The molecule has 180 valence electrons. The smallest absolute Gasteiger partial charge is 0.224 e. The maximum atomic E-state index is 9.45. The number of hydrogen-bond donors (Lipinski definition) is 3. The van der Waals surface area contributed by atoms with Crippen molar-refractivity contribution < 1.29 is 10.2 Å². The molecule has 3 heterocycles. The molecule has 10 heteroatoms. The third kappa shape index (κ3) is 5.97. The monoisotopic (exact) mass is 502 g/mol. The molecule has 3 N–H and O–H groups in total. The second-order valence-electron chi connectivity index (χ2n) is 8.51. The highest BCUT2D eigenvalue weighted by atomic mass is 35.5. The van der Waals surface area contributed by atoms with Crippen LogP contribution in [0.15, 0.2) is 18.5 Å². The zero-order chi connectivity index (χ0) is 23.9. The summed E-state index contributed by atoms with van der Waals surface area (Å²) < 4.78 is 2.13. The lowest BCUT2D eigenvalue weighted by molar-refractivity contribution is 0.267. The Morgan fingerprint density at radius 3 is 2.35 bits per heavy atom. The van der Waals surface area contributed by atoms with Gasteiger partial charge in [0.1, 0.15) is 18.1 Å². The zero-order valence-electron chi connectivity index (χ0n) is 18.8. The van der Waals surface area contributed by atoms with Crippen molar-refractivity contribution in [1.29, 1.82) is 0 Å². The largest absolute Gasteiger partial charge is 0.390 e. The highest BCUT2D eigenvalue weighted by molar-refractivity contribution is 6.28. The lowest BCUT2D eigenvalue weighted by Gasteiger charge is -2.15. The molecule has 34 heavy (non-hydrogen) atoms. The molecule has 0 amide bonds. The van der Waals surface area contributed by atoms with Gasteiger partial charge in [-0.15, -0.1) is 0 Å². The van der Waals surface area contributed by atoms with E-state index in [-0.39, 0.29) is 23.8 Å². The van der Waals surface area contributed by atoms with E-state index in [0.717, 1.165) is 42.4 Å². The number of nitrogens with zero attached hydrogens (tertiary/aromatic N) is 5. The number of anilines is 1. The highest BCUT2D eigenvalue weighted by Gasteiger charge is 2.22. The Kier molecular flexibility index (Phi) is 8.57. The number of rotatable bonds is 4. The first-order chi connectivity index (χ1) is 16.6. The van der Waals surface area contributed by atoms with Gasteiger partial charge in [0.05, 0.1) is 12.2 Å². The molecule has 5 rings (SSSR count). The van der Waals surface area contributed by atoms with Gasteiger partial charge in [-0.3, -0.25) is 0 Å². The van der Waals surface area contributed by atoms with Crippen LogP contribution in [0, 0.1) is 11.8 Å². The predicted octanol–water partition coefficient (Wildman–Crippen LogP) is 4.52. The van der Waals surface area contributed by atoms with E-state index in [0.29, 0.717) is 23.5 Å². The minimum absolute atomic E-state index is 0.0322. The minimum atomic E-state index is -0.175. The van der Waals surface area contributed by atoms with Crippen LogP contribution in [-0.4, -0.2) is 47.4 Å². The normalized spacial score (nSPS) is 16.2. The highest BCUT2D eigenvalue weighted by Crippen LogP contribution is 2.34. The van der Waals surface area contributed by atoms with Crippen molar-refractivity contribution in [2.75, 3.05) is 11.9 Å². The molecule has 0 saturated heterocycles. The Balaban J connectivity index is 0.000000161. The first-order valence-corrected chi connectivity index (χ1v) is 12.4. The van der Waals surface area contributed by atoms with E-state index in [1.807, 2.05) is 6.07 Å². The molecule has 0 atom stereocenters. The molecule has 0 aliphatic heterocycles. The number of aliphatic hydroxyl groups excluding tert-OH is 2. The van der Waals surface area contributed by atoms with Gasteiger partial charge in [0.2, 0.25) is 10.6 Å². The summed E-state index contributed by atoms with van der Waals surface area (Å²) in [5, 5.41) is 22.9. The molecule has 8 nitrogen and oxygen atoms in total. The Hall–Kier alpha value is -2.44. The molecule has 0 unspecified atom stereocenters. The minimum Gasteiger partial charge on any atom is -0.390 e. The summed E-state index contributed by atoms with van der Waals surface area (Å²) in [7, 11) is 0. The lowest BCUT2D eigenvalue weighted by atomic mass is 10.2. The fraction of sp³-hybridized carbons (Fsp3) is 0.500. The quantitative estimate of drug-likeness (QED) is 0.355. The van der Waals surface area contributed by atoms with Crippen LogP contribution < -0.4 is 5.32 Å². The van der Waals surface area contributed by atoms with Crippen LogP contribution in [0.1, 0.15) is 68.7 Å². The van der Waals surface area contributed by atoms with Gasteiger partial charge in [0, 0.05) is 35.6 Å². The fourth-order valence-electron chi connectivity index (χ4n) is 4.69. The molecule has 0 bridgehead atoms. The second kappa shape index (κ2) is 11.8. The van der Waals surface area contributed by atoms with Crippen molar-refractivity contribution in [2.45, 2.75) is 70.1 Å². The van der Waals surface area contributed by atoms with Crippen molar-refractivity contribution in [2.24, 2.45) is 0 Å². The maximum absolute atomic E-state index is 9.45. The van der Waals surface area contributed by atoms with E-state index in [1.54, 1.807) is 12.4 Å². The van der Waals surface area contributed by atoms with Gasteiger partial charge in [0.15, 0.2) is 0 Å². The SMILES string of the molecule is OCC#Cc1cnc(Cl)nc1NC1CCCC1.OCc1cc2cnc(Cl)nc2n1C1CCCC1. The van der Waals surface area contributed by atoms with E-state index in [4.69, 9.17) is 28.3 Å². The molecule has 2 saturated carbocycles. The summed E-state index contributed by atoms with van der Waals surface area (Å²) in [6.07, 6.45) is 12.9. The van der Waals surface area contributed by atoms with Crippen LogP contribution in [-0.2, 0) is 6.61 Å². The molecule has 2 fully saturated rings. The van der Waals surface area contributed by atoms with E-state index in [1.165, 1.54) is 25.7 Å². The summed E-state index contributed by atoms with van der Waals surface area (Å²) in [6.45, 7) is -0.143. The van der Waals surface area contributed by atoms with Gasteiger partial charge >= 0.3 is 0 Å². The molecule has 0 aromatic carbocycles. The van der Waals surface area contributed by atoms with Crippen LogP contribution in [0.3, 0.4) is 0 Å². The standard InChI is InChI=1S/2C12H14ClN3O/c13-12-14-6-8-5-10(7-17)16(11(8)15-12)9-3-1-2-4-9;13-12-14-8-9(4-3-7-17)11(16-12)15-10-5-1-2-6-10/h5-6,9,17H,1-4,7H2;8,10,17H,1-2,5-7H2,(H,14,15,16). The van der Waals surface area contributed by atoms with Gasteiger partial charge in [0.25, 0.3) is 0 Å². The van der Waals surface area contributed by atoms with E-state index in [9.17, 15) is 5.11 Å². The Bertz CT molecular complexity index is 1180. The Morgan fingerprint density at radius 1 is 0.971 bits per heavy atom. The van der Waals surface area contributed by atoms with Gasteiger partial charge < -0.3 is 20.1 Å². The molecule has 3 aromatic rings. The van der Waals surface area contributed by atoms with Gasteiger partial charge in [-0.1, -0.05) is 37.5 Å². The first-order valence-electron chi connectivity index (χ1n) is 11.6. The van der Waals surface area contributed by atoms with Crippen LogP contribution in [0.25, 0.3) is 11.0 Å². The first kappa shape index (κ1) is 24.7. The summed E-state index contributed by atoms with van der Waals surface area (Å²) in [6, 6.07) is 2.83. The van der Waals surface area contributed by atoms with Crippen LogP contribution in [0.4, 0.5) is 5.82 Å². The lowest BCUT2D eigenvalue weighted by Crippen LogP contribution is -2.16. The molecular weight excluding hydrogens is 475 g/mol. The summed E-state index contributed by atoms with van der Waals surface area (Å²) in [5.41, 5.74) is 2.43. The molecular formula is C24H28Cl2N6O2. The predicted molar refractivity (Wildman–Crippen MR) is 133 cm³/mol. The van der Waals surface area contributed by atoms with Crippen LogP contribution in [0.5, 0.6) is 0 Å². The molecule has 0 radical (unpaired) electrons. The van der Waals surface area contributed by atoms with Crippen molar-refractivity contribution in [1.82, 2.24) is 24.5 Å². The zero-order valence-corrected chi connectivity index (χ0v) is 20.4. The van der Waals surface area contributed by atoms with Gasteiger partial charge in [-0.05, 0) is 55.0 Å². The van der Waals surface area contributed by atoms with Crippen molar-refractivity contribution >= 4 is 40.1 Å². The number of halogens is 2. The van der Waals surface area contributed by atoms with E-state index in [2.05, 4.69) is 41.7 Å². The van der Waals surface area contributed by atoms with Crippen molar-refractivity contribution in [3.05, 3.63) is 40.3 Å². The van der Waals surface area contributed by atoms with Crippen LogP contribution >= 0.6 is 23.2 Å². The Morgan fingerprint density at radius 2 is 1.65 bits per heavy atom. The average Bonchev–Trinajstić information content (AvgIpc) is 3.59. The van der Waals surface area contributed by atoms with Crippen LogP contribution in [0.2, 0.25) is 10.6 Å². The number of nitrogens with one attached hydrogen (secondary N) is 1. The fourth-order valence-corrected chi connectivity index (χ4v) is 4.96. The Labute approximate surface area is 208 Å². The molecule has 2 aliphatic carbocycles. The van der Waals surface area contributed by atoms with Gasteiger partial charge in [-0.25, -0.2) is 9.97 Å². The third-order valence-corrected chi connectivity index (χ3v) is 6.60. The molecule has 3 aromatic heterocycles. The van der Waals surface area contributed by atoms with Crippen molar-refractivity contribution in [3.8, 4) is 11.8 Å². The number of aliphatic hydroxyl groups is 2. The maximum Gasteiger partial charge on any atom is 0.224 e. The summed E-state index contributed by atoms with van der Waals surface area (Å²) in [5.74, 6) is 6.07. The molecule has 0 spiro atoms. The topological polar surface area (TPSA) is 109 Å². The average molecular weight is 503 g/mol. The third-order valence-electron chi connectivity index (χ3n) is 6.24. The summed E-state index contributed by atoms with van der Waals surface area (Å²) in [4.78, 5) is 16.3.